The van der Waals surface area contributed by atoms with Crippen LogP contribution in [0.1, 0.15) is 30.5 Å². The normalized spacial score (nSPS) is 16.4. The van der Waals surface area contributed by atoms with Crippen molar-refractivity contribution in [2.24, 2.45) is 0 Å². The fourth-order valence-electron chi connectivity index (χ4n) is 3.67. The van der Waals surface area contributed by atoms with Crippen LogP contribution in [0.4, 0.5) is 4.79 Å². The van der Waals surface area contributed by atoms with E-state index in [2.05, 4.69) is 10.6 Å². The third kappa shape index (κ3) is 6.31. The Morgan fingerprint density at radius 3 is 2.45 bits per heavy atom. The van der Waals surface area contributed by atoms with Crippen LogP contribution in [0.3, 0.4) is 0 Å². The quantitative estimate of drug-likeness (QED) is 0.452. The molecule has 0 bridgehead atoms. The molecule has 3 N–H and O–H groups in total. The summed E-state index contributed by atoms with van der Waals surface area (Å²) in [6.07, 6.45) is 1.04. The standard InChI is InChI=1S/C24H25N3O5.Na.H/c1-14-7-4-5-10-18(14)16-8-6-9-17(11-16)19(12-20(28)29)25-24(32)26-21-22(30)15(2)13-27(3)23(21)31;;/h4-11,13,19,21H,12H2,1-3H3,(H,28,29)(H2,25,26,32);;/t19-,21?;;/m0../s1. The third-order valence-corrected chi connectivity index (χ3v) is 5.34. The Morgan fingerprint density at radius 2 is 1.79 bits per heavy atom. The molecule has 0 spiro atoms. The predicted octanol–water partition coefficient (Wildman–Crippen LogP) is 2.14. The van der Waals surface area contributed by atoms with Gasteiger partial charge in [-0.3, -0.25) is 14.4 Å². The number of nitrogens with zero attached hydrogens (tertiary/aromatic N) is 1. The van der Waals surface area contributed by atoms with Gasteiger partial charge in [0.2, 0.25) is 0 Å². The van der Waals surface area contributed by atoms with E-state index in [9.17, 15) is 24.3 Å². The summed E-state index contributed by atoms with van der Waals surface area (Å²) in [6.45, 7) is 3.54. The van der Waals surface area contributed by atoms with Gasteiger partial charge in [-0.2, -0.15) is 0 Å². The molecule has 9 heteroatoms. The van der Waals surface area contributed by atoms with Crippen LogP contribution in [-0.4, -0.2) is 76.3 Å². The summed E-state index contributed by atoms with van der Waals surface area (Å²) >= 11 is 0. The number of nitrogens with one attached hydrogen (secondary N) is 2. The van der Waals surface area contributed by atoms with Crippen LogP contribution in [-0.2, 0) is 14.4 Å². The molecular formula is C24H26N3NaO5. The van der Waals surface area contributed by atoms with Gasteiger partial charge in [0.25, 0.3) is 5.91 Å². The minimum absolute atomic E-state index is 0. The molecule has 0 saturated heterocycles. The monoisotopic (exact) mass is 459 g/mol. The van der Waals surface area contributed by atoms with Crippen LogP contribution in [0.15, 0.2) is 60.3 Å². The van der Waals surface area contributed by atoms with E-state index in [4.69, 9.17) is 0 Å². The van der Waals surface area contributed by atoms with Crippen molar-refractivity contribution in [1.29, 1.82) is 0 Å². The van der Waals surface area contributed by atoms with E-state index in [0.29, 0.717) is 11.1 Å². The average molecular weight is 459 g/mol. The van der Waals surface area contributed by atoms with E-state index >= 15 is 0 Å². The van der Waals surface area contributed by atoms with Crippen molar-refractivity contribution in [1.82, 2.24) is 15.5 Å². The van der Waals surface area contributed by atoms with Crippen LogP contribution < -0.4 is 10.6 Å². The first-order valence-electron chi connectivity index (χ1n) is 10.1. The van der Waals surface area contributed by atoms with Gasteiger partial charge >= 0.3 is 41.6 Å². The number of Topliss-reactive ketones (excluding diaryl/α,β-unsaturated/α-hetero) is 1. The second kappa shape index (κ2) is 11.3. The van der Waals surface area contributed by atoms with E-state index in [-0.39, 0.29) is 36.0 Å². The summed E-state index contributed by atoms with van der Waals surface area (Å²) in [5.41, 5.74) is 3.88. The summed E-state index contributed by atoms with van der Waals surface area (Å²) in [5.74, 6) is -2.16. The van der Waals surface area contributed by atoms with Crippen molar-refractivity contribution >= 4 is 53.2 Å². The Labute approximate surface area is 214 Å². The zero-order valence-corrected chi connectivity index (χ0v) is 18.1. The second-order valence-corrected chi connectivity index (χ2v) is 7.77. The number of carboxylic acid groups (broad SMARTS) is 1. The molecule has 0 aromatic heterocycles. The van der Waals surface area contributed by atoms with Gasteiger partial charge in [0.15, 0.2) is 11.8 Å². The van der Waals surface area contributed by atoms with E-state index in [0.717, 1.165) is 16.7 Å². The molecule has 8 nitrogen and oxygen atoms in total. The van der Waals surface area contributed by atoms with Gasteiger partial charge in [-0.25, -0.2) is 4.79 Å². The molecule has 1 heterocycles. The zero-order valence-electron chi connectivity index (χ0n) is 18.1. The van der Waals surface area contributed by atoms with Gasteiger partial charge in [-0.05, 0) is 42.2 Å². The van der Waals surface area contributed by atoms with E-state index in [1.165, 1.54) is 18.1 Å². The maximum atomic E-state index is 12.6. The number of urea groups is 1. The van der Waals surface area contributed by atoms with Crippen molar-refractivity contribution in [3.8, 4) is 11.1 Å². The van der Waals surface area contributed by atoms with Gasteiger partial charge in [-0.1, -0.05) is 42.5 Å². The fraction of sp³-hybridized carbons (Fsp3) is 0.250. The molecule has 1 aliphatic heterocycles. The number of hydrogen-bond acceptors (Lipinski definition) is 4. The first-order chi connectivity index (χ1) is 15.2. The van der Waals surface area contributed by atoms with Crippen molar-refractivity contribution in [2.45, 2.75) is 32.4 Å². The number of carbonyl (C=O) groups is 4. The number of ketones is 1. The molecule has 0 saturated carbocycles. The number of likely N-dealkylation sites (N-methyl/N-ethyl adjacent to an activating group) is 1. The Kier molecular flexibility index (Phi) is 8.99. The Balaban J connectivity index is 0.00000385. The number of hydrogen-bond donors (Lipinski definition) is 3. The van der Waals surface area contributed by atoms with Crippen molar-refractivity contribution in [3.63, 3.8) is 0 Å². The molecular weight excluding hydrogens is 433 g/mol. The number of rotatable bonds is 6. The Hall–Kier alpha value is -2.94. The van der Waals surface area contributed by atoms with Crippen molar-refractivity contribution in [3.05, 3.63) is 71.4 Å². The van der Waals surface area contributed by atoms with Crippen molar-refractivity contribution in [2.75, 3.05) is 7.05 Å². The van der Waals surface area contributed by atoms with Crippen LogP contribution in [0.2, 0.25) is 0 Å². The first-order valence-corrected chi connectivity index (χ1v) is 10.1. The molecule has 2 atom stereocenters. The number of carbonyl (C=O) groups excluding carboxylic acids is 3. The molecule has 0 aliphatic carbocycles. The van der Waals surface area contributed by atoms with Gasteiger partial charge in [0.05, 0.1) is 12.5 Å². The fourth-order valence-corrected chi connectivity index (χ4v) is 3.67. The summed E-state index contributed by atoms with van der Waals surface area (Å²) in [4.78, 5) is 50.0. The topological polar surface area (TPSA) is 116 Å². The van der Waals surface area contributed by atoms with Crippen molar-refractivity contribution < 1.29 is 24.3 Å². The number of aryl methyl sites for hydroxylation is 1. The molecule has 3 rings (SSSR count). The average Bonchev–Trinajstić information content (AvgIpc) is 2.75. The van der Waals surface area contributed by atoms with Gasteiger partial charge in [0.1, 0.15) is 0 Å². The Bertz CT molecular complexity index is 1110. The molecule has 1 aliphatic rings. The molecule has 0 radical (unpaired) electrons. The summed E-state index contributed by atoms with van der Waals surface area (Å²) < 4.78 is 0. The predicted molar refractivity (Wildman–Crippen MR) is 126 cm³/mol. The van der Waals surface area contributed by atoms with Gasteiger partial charge in [-0.15, -0.1) is 0 Å². The van der Waals surface area contributed by atoms with Gasteiger partial charge < -0.3 is 20.6 Å². The zero-order chi connectivity index (χ0) is 23.4. The van der Waals surface area contributed by atoms with E-state index in [1.54, 1.807) is 19.1 Å². The minimum atomic E-state index is -1.35. The second-order valence-electron chi connectivity index (χ2n) is 7.77. The third-order valence-electron chi connectivity index (χ3n) is 5.34. The van der Waals surface area contributed by atoms with E-state index in [1.807, 2.05) is 43.3 Å². The number of carboxylic acids is 1. The molecule has 33 heavy (non-hydrogen) atoms. The number of aliphatic carboxylic acids is 1. The van der Waals surface area contributed by atoms with Crippen LogP contribution in [0, 0.1) is 6.92 Å². The SMILES string of the molecule is CC1=CN(C)C(=O)C(NC(=O)N[C@@H](CC(=O)O)c2cccc(-c3ccccc3C)c2)C1=O.[NaH]. The molecule has 168 valence electrons. The number of amides is 3. The maximum absolute atomic E-state index is 12.6. The molecule has 2 aromatic rings. The van der Waals surface area contributed by atoms with E-state index < -0.39 is 35.8 Å². The van der Waals surface area contributed by atoms with Crippen LogP contribution >= 0.6 is 0 Å². The number of benzene rings is 2. The van der Waals surface area contributed by atoms with Crippen LogP contribution in [0.5, 0.6) is 0 Å². The first kappa shape index (κ1) is 26.3. The molecule has 2 aromatic carbocycles. The summed E-state index contributed by atoms with van der Waals surface area (Å²) in [6, 6.07) is 12.0. The van der Waals surface area contributed by atoms with Gasteiger partial charge in [0, 0.05) is 18.8 Å². The molecule has 3 amide bonds. The summed E-state index contributed by atoms with van der Waals surface area (Å²) in [5, 5.41) is 14.4. The van der Waals surface area contributed by atoms with Crippen LogP contribution in [0.25, 0.3) is 11.1 Å². The Morgan fingerprint density at radius 1 is 1.09 bits per heavy atom. The molecule has 1 unspecified atom stereocenters. The summed E-state index contributed by atoms with van der Waals surface area (Å²) in [7, 11) is 1.50. The molecule has 0 fully saturated rings.